The van der Waals surface area contributed by atoms with Crippen LogP contribution in [0.4, 0.5) is 5.69 Å². The van der Waals surface area contributed by atoms with E-state index in [1.54, 1.807) is 24.3 Å². The Morgan fingerprint density at radius 2 is 1.82 bits per heavy atom. The van der Waals surface area contributed by atoms with Crippen LogP contribution in [0.5, 0.6) is 0 Å². The number of carbonyl (C=O) groups is 3. The molecule has 1 aromatic rings. The van der Waals surface area contributed by atoms with Gasteiger partial charge in [-0.3, -0.25) is 14.4 Å². The number of rotatable bonds is 9. The third-order valence-corrected chi connectivity index (χ3v) is 5.46. The van der Waals surface area contributed by atoms with Crippen molar-refractivity contribution in [1.82, 2.24) is 0 Å². The van der Waals surface area contributed by atoms with Crippen molar-refractivity contribution in [2.24, 2.45) is 5.92 Å². The Kier molecular flexibility index (Phi) is 6.29. The van der Waals surface area contributed by atoms with Gasteiger partial charge in [0.15, 0.2) is 0 Å². The molecular formula is C22H27NO5. The number of imide groups is 1. The Labute approximate surface area is 165 Å². The smallest absolute Gasteiger partial charge is 0.310 e. The van der Waals surface area contributed by atoms with E-state index >= 15 is 0 Å². The molecule has 0 bridgehead atoms. The fourth-order valence-electron chi connectivity index (χ4n) is 3.90. The van der Waals surface area contributed by atoms with Crippen molar-refractivity contribution in [2.45, 2.75) is 51.6 Å². The van der Waals surface area contributed by atoms with Crippen molar-refractivity contribution in [1.29, 1.82) is 0 Å². The molecule has 6 heteroatoms. The van der Waals surface area contributed by atoms with Crippen LogP contribution >= 0.6 is 0 Å². The van der Waals surface area contributed by atoms with Crippen molar-refractivity contribution < 1.29 is 23.9 Å². The van der Waals surface area contributed by atoms with Gasteiger partial charge in [-0.15, -0.1) is 0 Å². The molecule has 1 fully saturated rings. The first-order valence-electron chi connectivity index (χ1n) is 9.93. The molecule has 0 spiro atoms. The molecule has 0 N–H and O–H groups in total. The van der Waals surface area contributed by atoms with Crippen LogP contribution in [-0.2, 0) is 30.3 Å². The number of anilines is 1. The van der Waals surface area contributed by atoms with Crippen molar-refractivity contribution in [3.63, 3.8) is 0 Å². The zero-order valence-electron chi connectivity index (χ0n) is 16.5. The molecule has 2 aliphatic heterocycles. The van der Waals surface area contributed by atoms with Crippen LogP contribution in [0.15, 0.2) is 36.4 Å². The maximum absolute atomic E-state index is 12.3. The summed E-state index contributed by atoms with van der Waals surface area (Å²) in [5.41, 5.74) is 0.933. The van der Waals surface area contributed by atoms with E-state index < -0.39 is 0 Å². The summed E-state index contributed by atoms with van der Waals surface area (Å²) in [5, 5.41) is 0. The largest absolute Gasteiger partial charge is 0.462 e. The number of benzene rings is 1. The molecule has 3 rings (SSSR count). The SMILES string of the molecule is CCCC1COC1(CCC)COC(=O)Cc1ccc(N2C(=O)C=CC2=O)cc1. The lowest BCUT2D eigenvalue weighted by Gasteiger charge is -2.49. The second kappa shape index (κ2) is 8.69. The first kappa shape index (κ1) is 20.3. The first-order valence-corrected chi connectivity index (χ1v) is 9.93. The van der Waals surface area contributed by atoms with Gasteiger partial charge in [0.25, 0.3) is 11.8 Å². The van der Waals surface area contributed by atoms with Crippen molar-refractivity contribution in [3.8, 4) is 0 Å². The topological polar surface area (TPSA) is 72.9 Å². The summed E-state index contributed by atoms with van der Waals surface area (Å²) in [5.74, 6) is -0.571. The molecule has 28 heavy (non-hydrogen) atoms. The van der Waals surface area contributed by atoms with E-state index in [1.165, 1.54) is 12.2 Å². The van der Waals surface area contributed by atoms with E-state index in [-0.39, 0.29) is 29.8 Å². The maximum atomic E-state index is 12.3. The van der Waals surface area contributed by atoms with Gasteiger partial charge in [0.2, 0.25) is 0 Å². The summed E-state index contributed by atoms with van der Waals surface area (Å²) >= 11 is 0. The predicted molar refractivity (Wildman–Crippen MR) is 105 cm³/mol. The molecule has 2 atom stereocenters. The minimum absolute atomic E-state index is 0.140. The Hall–Kier alpha value is -2.47. The average molecular weight is 385 g/mol. The second-order valence-electron chi connectivity index (χ2n) is 7.46. The van der Waals surface area contributed by atoms with Gasteiger partial charge in [-0.2, -0.15) is 0 Å². The van der Waals surface area contributed by atoms with Gasteiger partial charge in [0.1, 0.15) is 12.2 Å². The molecule has 6 nitrogen and oxygen atoms in total. The van der Waals surface area contributed by atoms with Crippen LogP contribution in [0.2, 0.25) is 0 Å². The Bertz CT molecular complexity index is 752. The fraction of sp³-hybridized carbons (Fsp3) is 0.500. The predicted octanol–water partition coefficient (Wildman–Crippen LogP) is 3.19. The van der Waals surface area contributed by atoms with E-state index in [1.807, 2.05) is 0 Å². The summed E-state index contributed by atoms with van der Waals surface area (Å²) in [7, 11) is 0. The van der Waals surface area contributed by atoms with E-state index in [0.29, 0.717) is 18.2 Å². The zero-order chi connectivity index (χ0) is 20.1. The molecule has 0 saturated carbocycles. The van der Waals surface area contributed by atoms with Crippen molar-refractivity contribution in [2.75, 3.05) is 18.1 Å². The summed E-state index contributed by atoms with van der Waals surface area (Å²) < 4.78 is 11.4. The number of nitrogens with zero attached hydrogens (tertiary/aromatic N) is 1. The van der Waals surface area contributed by atoms with E-state index in [9.17, 15) is 14.4 Å². The molecule has 2 heterocycles. The summed E-state index contributed by atoms with van der Waals surface area (Å²) in [6.45, 7) is 5.31. The Balaban J connectivity index is 1.55. The van der Waals surface area contributed by atoms with E-state index in [2.05, 4.69) is 13.8 Å². The highest BCUT2D eigenvalue weighted by Crippen LogP contribution is 2.40. The van der Waals surface area contributed by atoms with Gasteiger partial charge in [-0.1, -0.05) is 38.8 Å². The number of hydrogen-bond acceptors (Lipinski definition) is 5. The standard InChI is InChI=1S/C22H27NO5/c1-3-5-17-14-28-22(17,12-4-2)15-27-21(26)13-16-6-8-18(9-7-16)23-19(24)10-11-20(23)25/h6-11,17H,3-5,12-15H2,1-2H3. The molecule has 0 radical (unpaired) electrons. The average Bonchev–Trinajstić information content (AvgIpc) is 3.01. The van der Waals surface area contributed by atoms with Crippen LogP contribution in [0.25, 0.3) is 0 Å². The third-order valence-electron chi connectivity index (χ3n) is 5.46. The zero-order valence-corrected chi connectivity index (χ0v) is 16.5. The first-order chi connectivity index (χ1) is 13.5. The van der Waals surface area contributed by atoms with Crippen molar-refractivity contribution in [3.05, 3.63) is 42.0 Å². The number of ether oxygens (including phenoxy) is 2. The normalized spacial score (nSPS) is 23.8. The monoisotopic (exact) mass is 385 g/mol. The highest BCUT2D eigenvalue weighted by molar-refractivity contribution is 6.28. The second-order valence-corrected chi connectivity index (χ2v) is 7.46. The van der Waals surface area contributed by atoms with Crippen LogP contribution in [0.3, 0.4) is 0 Å². The number of amides is 2. The molecule has 2 unspecified atom stereocenters. The lowest BCUT2D eigenvalue weighted by Crippen LogP contribution is -2.57. The highest BCUT2D eigenvalue weighted by atomic mass is 16.6. The molecule has 2 amide bonds. The van der Waals surface area contributed by atoms with Crippen LogP contribution in [0.1, 0.15) is 45.1 Å². The molecule has 1 aromatic carbocycles. The summed E-state index contributed by atoms with van der Waals surface area (Å²) in [4.78, 5) is 36.8. The van der Waals surface area contributed by atoms with Crippen molar-refractivity contribution >= 4 is 23.5 Å². The Morgan fingerprint density at radius 1 is 1.14 bits per heavy atom. The van der Waals surface area contributed by atoms with Gasteiger partial charge < -0.3 is 9.47 Å². The number of esters is 1. The summed E-state index contributed by atoms with van der Waals surface area (Å²) in [6.07, 6.45) is 6.69. The number of carbonyl (C=O) groups excluding carboxylic acids is 3. The number of hydrogen-bond donors (Lipinski definition) is 0. The van der Waals surface area contributed by atoms with Gasteiger partial charge in [-0.25, -0.2) is 4.90 Å². The fourth-order valence-corrected chi connectivity index (χ4v) is 3.90. The minimum Gasteiger partial charge on any atom is -0.462 e. The molecule has 150 valence electrons. The minimum atomic E-state index is -0.361. The van der Waals surface area contributed by atoms with E-state index in [0.717, 1.165) is 42.8 Å². The highest BCUT2D eigenvalue weighted by Gasteiger charge is 2.48. The summed E-state index contributed by atoms with van der Waals surface area (Å²) in [6, 6.07) is 6.79. The third kappa shape index (κ3) is 4.17. The van der Waals surface area contributed by atoms with Crippen LogP contribution in [0, 0.1) is 5.92 Å². The van der Waals surface area contributed by atoms with Crippen LogP contribution < -0.4 is 4.90 Å². The molecule has 1 saturated heterocycles. The van der Waals surface area contributed by atoms with Crippen LogP contribution in [-0.4, -0.2) is 36.6 Å². The maximum Gasteiger partial charge on any atom is 0.310 e. The lowest BCUT2D eigenvalue weighted by atomic mass is 9.77. The Morgan fingerprint density at radius 3 is 2.36 bits per heavy atom. The van der Waals surface area contributed by atoms with Gasteiger partial charge in [0.05, 0.1) is 18.7 Å². The lowest BCUT2D eigenvalue weighted by molar-refractivity contribution is -0.234. The van der Waals surface area contributed by atoms with Gasteiger partial charge in [0, 0.05) is 18.1 Å². The van der Waals surface area contributed by atoms with Gasteiger partial charge in [-0.05, 0) is 30.5 Å². The molecular weight excluding hydrogens is 358 g/mol. The van der Waals surface area contributed by atoms with E-state index in [4.69, 9.17) is 9.47 Å². The quantitative estimate of drug-likeness (QED) is 0.482. The molecule has 0 aliphatic carbocycles. The van der Waals surface area contributed by atoms with Gasteiger partial charge >= 0.3 is 5.97 Å². The molecule has 2 aliphatic rings. The molecule has 0 aromatic heterocycles.